The van der Waals surface area contributed by atoms with Gasteiger partial charge in [0.15, 0.2) is 0 Å². The second-order valence-corrected chi connectivity index (χ2v) is 5.77. The number of amides is 1. The quantitative estimate of drug-likeness (QED) is 0.813. The van der Waals surface area contributed by atoms with Gasteiger partial charge in [-0.3, -0.25) is 4.79 Å². The predicted molar refractivity (Wildman–Crippen MR) is 78.6 cm³/mol. The third-order valence-corrected chi connectivity index (χ3v) is 4.33. The number of hydrogen-bond acceptors (Lipinski definition) is 2. The largest absolute Gasteiger partial charge is 0.396 e. The first-order valence-corrected chi connectivity index (χ1v) is 7.35. The summed E-state index contributed by atoms with van der Waals surface area (Å²) in [7, 11) is 0. The first-order valence-electron chi connectivity index (χ1n) is 7.35. The normalized spacial score (nSPS) is 22.4. The first kappa shape index (κ1) is 14.1. The molecule has 0 atom stereocenters. The summed E-state index contributed by atoms with van der Waals surface area (Å²) in [6.45, 7) is 0.231. The highest BCUT2D eigenvalue weighted by Crippen LogP contribution is 2.25. The third-order valence-electron chi connectivity index (χ3n) is 4.33. The second kappa shape index (κ2) is 5.85. The maximum Gasteiger partial charge on any atom is 0.253 e. The van der Waals surface area contributed by atoms with Gasteiger partial charge in [0.1, 0.15) is 5.82 Å². The van der Waals surface area contributed by atoms with Gasteiger partial charge in [-0.15, -0.1) is 0 Å². The Kier molecular flexibility index (Phi) is 3.92. The predicted octanol–water partition coefficient (Wildman–Crippen LogP) is 2.59. The molecule has 4 nitrogen and oxygen atoms in total. The topological polar surface area (TPSA) is 65.1 Å². The van der Waals surface area contributed by atoms with Crippen LogP contribution in [0.2, 0.25) is 0 Å². The minimum Gasteiger partial charge on any atom is -0.396 e. The van der Waals surface area contributed by atoms with E-state index in [1.165, 1.54) is 12.1 Å². The van der Waals surface area contributed by atoms with Crippen molar-refractivity contribution in [2.75, 3.05) is 6.61 Å². The monoisotopic (exact) mass is 290 g/mol. The maximum atomic E-state index is 13.1. The van der Waals surface area contributed by atoms with E-state index in [9.17, 15) is 9.18 Å². The van der Waals surface area contributed by atoms with Gasteiger partial charge >= 0.3 is 0 Å². The van der Waals surface area contributed by atoms with Gasteiger partial charge in [0.25, 0.3) is 5.91 Å². The van der Waals surface area contributed by atoms with Crippen molar-refractivity contribution in [3.8, 4) is 0 Å². The molecule has 0 saturated heterocycles. The van der Waals surface area contributed by atoms with Crippen LogP contribution < -0.4 is 5.32 Å². The molecule has 1 aliphatic rings. The number of aliphatic hydroxyl groups is 1. The number of aliphatic hydroxyl groups excluding tert-OH is 1. The summed E-state index contributed by atoms with van der Waals surface area (Å²) in [5, 5.41) is 12.9. The molecule has 1 heterocycles. The summed E-state index contributed by atoms with van der Waals surface area (Å²) in [6, 6.07) is 4.53. The van der Waals surface area contributed by atoms with Crippen LogP contribution in [-0.2, 0) is 0 Å². The summed E-state index contributed by atoms with van der Waals surface area (Å²) >= 11 is 0. The van der Waals surface area contributed by atoms with E-state index >= 15 is 0 Å². The lowest BCUT2D eigenvalue weighted by molar-refractivity contribution is 0.0915. The number of fused-ring (bicyclic) bond motifs is 1. The third kappa shape index (κ3) is 2.93. The molecule has 1 aromatic carbocycles. The number of H-pyrrole nitrogens is 1. The van der Waals surface area contributed by atoms with Crippen LogP contribution in [0.5, 0.6) is 0 Å². The summed E-state index contributed by atoms with van der Waals surface area (Å²) in [6.07, 6.45) is 5.31. The second-order valence-electron chi connectivity index (χ2n) is 5.77. The molecule has 0 aliphatic heterocycles. The van der Waals surface area contributed by atoms with Gasteiger partial charge in [0.2, 0.25) is 0 Å². The molecule has 0 unspecified atom stereocenters. The van der Waals surface area contributed by atoms with Gasteiger partial charge in [0.05, 0.1) is 5.56 Å². The van der Waals surface area contributed by atoms with Crippen LogP contribution in [0.1, 0.15) is 36.0 Å². The molecular formula is C16H19FN2O2. The lowest BCUT2D eigenvalue weighted by atomic mass is 9.86. The Morgan fingerprint density at radius 2 is 2.10 bits per heavy atom. The summed E-state index contributed by atoms with van der Waals surface area (Å²) in [4.78, 5) is 15.3. The van der Waals surface area contributed by atoms with Gasteiger partial charge < -0.3 is 15.4 Å². The number of nitrogens with one attached hydrogen (secondary N) is 2. The van der Waals surface area contributed by atoms with E-state index in [4.69, 9.17) is 5.11 Å². The number of rotatable bonds is 3. The Morgan fingerprint density at radius 1 is 1.33 bits per heavy atom. The molecule has 0 radical (unpaired) electrons. The number of carbonyl (C=O) groups is 1. The SMILES string of the molecule is O=C(NC1CCC(CO)CC1)c1c[nH]c2cc(F)ccc12. The van der Waals surface area contributed by atoms with E-state index in [-0.39, 0.29) is 24.4 Å². The van der Waals surface area contributed by atoms with Gasteiger partial charge in [0, 0.05) is 29.7 Å². The van der Waals surface area contributed by atoms with Crippen molar-refractivity contribution in [2.45, 2.75) is 31.7 Å². The average molecular weight is 290 g/mol. The molecule has 0 bridgehead atoms. The van der Waals surface area contributed by atoms with Gasteiger partial charge in [-0.1, -0.05) is 0 Å². The Balaban J connectivity index is 1.70. The summed E-state index contributed by atoms with van der Waals surface area (Å²) < 4.78 is 13.1. The Bertz CT molecular complexity index is 645. The fourth-order valence-electron chi connectivity index (χ4n) is 3.04. The number of halogens is 1. The van der Waals surface area contributed by atoms with Gasteiger partial charge in [-0.05, 0) is 49.8 Å². The molecule has 21 heavy (non-hydrogen) atoms. The lowest BCUT2D eigenvalue weighted by Crippen LogP contribution is -2.38. The van der Waals surface area contributed by atoms with Crippen LogP contribution in [0.3, 0.4) is 0 Å². The molecule has 1 saturated carbocycles. The van der Waals surface area contributed by atoms with Crippen LogP contribution in [-0.4, -0.2) is 28.6 Å². The van der Waals surface area contributed by atoms with Crippen LogP contribution in [0.15, 0.2) is 24.4 Å². The number of aromatic nitrogens is 1. The molecule has 3 N–H and O–H groups in total. The van der Waals surface area contributed by atoms with E-state index < -0.39 is 0 Å². The molecule has 3 rings (SSSR count). The fraction of sp³-hybridized carbons (Fsp3) is 0.438. The molecule has 2 aromatic rings. The highest BCUT2D eigenvalue weighted by molar-refractivity contribution is 6.06. The zero-order valence-corrected chi connectivity index (χ0v) is 11.7. The molecule has 5 heteroatoms. The van der Waals surface area contributed by atoms with Crippen molar-refractivity contribution >= 4 is 16.8 Å². The zero-order valence-electron chi connectivity index (χ0n) is 11.7. The zero-order chi connectivity index (χ0) is 14.8. The van der Waals surface area contributed by atoms with E-state index in [0.717, 1.165) is 31.1 Å². The number of aromatic amines is 1. The van der Waals surface area contributed by atoms with Gasteiger partial charge in [-0.2, -0.15) is 0 Å². The lowest BCUT2D eigenvalue weighted by Gasteiger charge is -2.27. The molecule has 112 valence electrons. The van der Waals surface area contributed by atoms with Crippen molar-refractivity contribution < 1.29 is 14.3 Å². The van der Waals surface area contributed by atoms with E-state index in [1.54, 1.807) is 12.3 Å². The Hall–Kier alpha value is -1.88. The molecule has 1 aromatic heterocycles. The molecule has 1 amide bonds. The number of benzene rings is 1. The van der Waals surface area contributed by atoms with Crippen LogP contribution >= 0.6 is 0 Å². The highest BCUT2D eigenvalue weighted by Gasteiger charge is 2.23. The van der Waals surface area contributed by atoms with Crippen molar-refractivity contribution in [3.05, 3.63) is 35.8 Å². The molecule has 1 fully saturated rings. The van der Waals surface area contributed by atoms with E-state index in [2.05, 4.69) is 10.3 Å². The average Bonchev–Trinajstić information content (AvgIpc) is 2.91. The molecule has 1 aliphatic carbocycles. The van der Waals surface area contributed by atoms with Crippen molar-refractivity contribution in [2.24, 2.45) is 5.92 Å². The van der Waals surface area contributed by atoms with E-state index in [0.29, 0.717) is 17.0 Å². The standard InChI is InChI=1S/C16H19FN2O2/c17-11-3-6-13-14(8-18-15(13)7-11)16(21)19-12-4-1-10(9-20)2-5-12/h3,6-8,10,12,18,20H,1-2,4-5,9H2,(H,19,21). The molecule has 0 spiro atoms. The minimum absolute atomic E-state index is 0.125. The van der Waals surface area contributed by atoms with Crippen molar-refractivity contribution in [1.82, 2.24) is 10.3 Å². The summed E-state index contributed by atoms with van der Waals surface area (Å²) in [5.41, 5.74) is 1.18. The maximum absolute atomic E-state index is 13.1. The summed E-state index contributed by atoms with van der Waals surface area (Å²) in [5.74, 6) is -0.0758. The first-order chi connectivity index (χ1) is 10.2. The smallest absolute Gasteiger partial charge is 0.253 e. The number of hydrogen-bond donors (Lipinski definition) is 3. The number of carbonyl (C=O) groups excluding carboxylic acids is 1. The minimum atomic E-state index is -0.321. The van der Waals surface area contributed by atoms with Crippen molar-refractivity contribution in [1.29, 1.82) is 0 Å². The Morgan fingerprint density at radius 3 is 2.81 bits per heavy atom. The van der Waals surface area contributed by atoms with Crippen LogP contribution in [0, 0.1) is 11.7 Å². The van der Waals surface area contributed by atoms with Crippen molar-refractivity contribution in [3.63, 3.8) is 0 Å². The van der Waals surface area contributed by atoms with Crippen LogP contribution in [0.25, 0.3) is 10.9 Å². The highest BCUT2D eigenvalue weighted by atomic mass is 19.1. The van der Waals surface area contributed by atoms with Gasteiger partial charge in [-0.25, -0.2) is 4.39 Å². The molecular weight excluding hydrogens is 271 g/mol. The fourth-order valence-corrected chi connectivity index (χ4v) is 3.04. The van der Waals surface area contributed by atoms with E-state index in [1.807, 2.05) is 0 Å². The Labute approximate surface area is 122 Å². The van der Waals surface area contributed by atoms with Crippen LogP contribution in [0.4, 0.5) is 4.39 Å².